The van der Waals surface area contributed by atoms with Crippen molar-refractivity contribution in [3.05, 3.63) is 5.01 Å². The van der Waals surface area contributed by atoms with Crippen molar-refractivity contribution in [2.45, 2.75) is 46.1 Å². The zero-order chi connectivity index (χ0) is 13.2. The van der Waals surface area contributed by atoms with Crippen molar-refractivity contribution in [3.8, 4) is 0 Å². The number of aliphatic carboxylic acids is 1. The van der Waals surface area contributed by atoms with Gasteiger partial charge in [-0.05, 0) is 5.92 Å². The second kappa shape index (κ2) is 5.00. The summed E-state index contributed by atoms with van der Waals surface area (Å²) in [5.74, 6) is -0.873. The summed E-state index contributed by atoms with van der Waals surface area (Å²) in [5, 5.41) is 21.5. The summed E-state index contributed by atoms with van der Waals surface area (Å²) in [4.78, 5) is 11.0. The molecule has 1 heterocycles. The van der Waals surface area contributed by atoms with Crippen LogP contribution in [0.1, 0.15) is 39.6 Å². The number of carboxylic acids is 1. The average Bonchev–Trinajstić information content (AvgIpc) is 2.60. The summed E-state index contributed by atoms with van der Waals surface area (Å²) < 4.78 is 0. The maximum atomic E-state index is 11.0. The third kappa shape index (κ3) is 3.66. The lowest BCUT2D eigenvalue weighted by atomic mass is 9.98. The number of anilines is 1. The molecule has 0 unspecified atom stereocenters. The number of rotatable bonds is 4. The first-order valence-electron chi connectivity index (χ1n) is 5.55. The van der Waals surface area contributed by atoms with Gasteiger partial charge in [0.2, 0.25) is 5.13 Å². The molecule has 0 aliphatic heterocycles. The number of carboxylic acid groups (broad SMARTS) is 1. The van der Waals surface area contributed by atoms with Crippen LogP contribution in [0.25, 0.3) is 0 Å². The molecule has 0 radical (unpaired) electrons. The van der Waals surface area contributed by atoms with E-state index in [4.69, 9.17) is 5.11 Å². The van der Waals surface area contributed by atoms with Crippen molar-refractivity contribution in [2.75, 3.05) is 5.32 Å². The van der Waals surface area contributed by atoms with Gasteiger partial charge in [-0.2, -0.15) is 0 Å². The molecule has 0 saturated heterocycles. The summed E-state index contributed by atoms with van der Waals surface area (Å²) in [6.45, 7) is 9.87. The number of hydrogen-bond acceptors (Lipinski definition) is 5. The Morgan fingerprint density at radius 2 is 1.94 bits per heavy atom. The highest BCUT2D eigenvalue weighted by molar-refractivity contribution is 7.15. The van der Waals surface area contributed by atoms with E-state index < -0.39 is 12.0 Å². The molecule has 0 amide bonds. The highest BCUT2D eigenvalue weighted by Crippen LogP contribution is 2.28. The summed E-state index contributed by atoms with van der Waals surface area (Å²) in [7, 11) is 0. The Bertz CT molecular complexity index is 396. The highest BCUT2D eigenvalue weighted by Gasteiger charge is 2.24. The van der Waals surface area contributed by atoms with Gasteiger partial charge in [0.1, 0.15) is 11.0 Å². The van der Waals surface area contributed by atoms with Crippen molar-refractivity contribution in [2.24, 2.45) is 5.92 Å². The second-order valence-corrected chi connectivity index (χ2v) is 6.34. The molecule has 0 saturated carbocycles. The summed E-state index contributed by atoms with van der Waals surface area (Å²) in [6.07, 6.45) is 0. The van der Waals surface area contributed by atoms with Crippen LogP contribution < -0.4 is 5.32 Å². The molecule has 0 fully saturated rings. The molecule has 0 spiro atoms. The maximum Gasteiger partial charge on any atom is 0.326 e. The summed E-state index contributed by atoms with van der Waals surface area (Å²) in [5.41, 5.74) is -0.0614. The maximum absolute atomic E-state index is 11.0. The SMILES string of the molecule is CC(C)[C@H](Nc1nnc(C(C)(C)C)s1)C(=O)O. The number of nitrogens with one attached hydrogen (secondary N) is 1. The molecule has 1 rings (SSSR count). The molecule has 0 aromatic carbocycles. The van der Waals surface area contributed by atoms with E-state index in [0.717, 1.165) is 5.01 Å². The van der Waals surface area contributed by atoms with Gasteiger partial charge in [0.15, 0.2) is 0 Å². The Balaban J connectivity index is 2.81. The van der Waals surface area contributed by atoms with Gasteiger partial charge >= 0.3 is 5.97 Å². The largest absolute Gasteiger partial charge is 0.480 e. The summed E-state index contributed by atoms with van der Waals surface area (Å²) >= 11 is 1.41. The molecule has 2 N–H and O–H groups in total. The van der Waals surface area contributed by atoms with Gasteiger partial charge in [0.05, 0.1) is 0 Å². The average molecular weight is 257 g/mol. The van der Waals surface area contributed by atoms with E-state index in [-0.39, 0.29) is 11.3 Å². The van der Waals surface area contributed by atoms with E-state index in [1.807, 2.05) is 13.8 Å². The molecule has 17 heavy (non-hydrogen) atoms. The second-order valence-electron chi connectivity index (χ2n) is 5.37. The molecule has 6 heteroatoms. The third-order valence-corrected chi connectivity index (χ3v) is 3.56. The van der Waals surface area contributed by atoms with Gasteiger partial charge < -0.3 is 10.4 Å². The zero-order valence-electron chi connectivity index (χ0n) is 10.8. The van der Waals surface area contributed by atoms with Gasteiger partial charge in [-0.25, -0.2) is 4.79 Å². The minimum atomic E-state index is -0.868. The number of nitrogens with zero attached hydrogens (tertiary/aromatic N) is 2. The fourth-order valence-electron chi connectivity index (χ4n) is 1.23. The predicted molar refractivity (Wildman–Crippen MR) is 68.5 cm³/mol. The fraction of sp³-hybridized carbons (Fsp3) is 0.727. The van der Waals surface area contributed by atoms with Crippen LogP contribution in [0.5, 0.6) is 0 Å². The molecule has 1 aromatic rings. The smallest absolute Gasteiger partial charge is 0.326 e. The molecule has 0 aliphatic carbocycles. The van der Waals surface area contributed by atoms with Crippen LogP contribution in [-0.2, 0) is 10.2 Å². The molecule has 0 bridgehead atoms. The first-order valence-corrected chi connectivity index (χ1v) is 6.37. The van der Waals surface area contributed by atoms with Crippen LogP contribution in [0.15, 0.2) is 0 Å². The van der Waals surface area contributed by atoms with Gasteiger partial charge in [-0.1, -0.05) is 46.0 Å². The number of aromatic nitrogens is 2. The van der Waals surface area contributed by atoms with E-state index in [1.54, 1.807) is 0 Å². The lowest BCUT2D eigenvalue weighted by Gasteiger charge is -2.16. The Kier molecular flexibility index (Phi) is 4.08. The first kappa shape index (κ1) is 13.9. The molecule has 96 valence electrons. The van der Waals surface area contributed by atoms with Crippen LogP contribution in [0.2, 0.25) is 0 Å². The minimum absolute atomic E-state index is 0.00510. The van der Waals surface area contributed by atoms with Crippen LogP contribution in [0, 0.1) is 5.92 Å². The van der Waals surface area contributed by atoms with E-state index in [1.165, 1.54) is 11.3 Å². The van der Waals surface area contributed by atoms with E-state index >= 15 is 0 Å². The molecule has 5 nitrogen and oxygen atoms in total. The van der Waals surface area contributed by atoms with Crippen molar-refractivity contribution < 1.29 is 9.90 Å². The van der Waals surface area contributed by atoms with Gasteiger partial charge in [-0.3, -0.25) is 0 Å². The van der Waals surface area contributed by atoms with Crippen molar-refractivity contribution in [1.29, 1.82) is 0 Å². The lowest BCUT2D eigenvalue weighted by Crippen LogP contribution is -2.34. The van der Waals surface area contributed by atoms with Crippen LogP contribution in [0.3, 0.4) is 0 Å². The standard InChI is InChI=1S/C11H19N3O2S/c1-6(2)7(8(15)16)12-10-14-13-9(17-10)11(3,4)5/h6-7H,1-5H3,(H,12,14)(H,15,16)/t7-/m0/s1. The number of carbonyl (C=O) groups is 1. The topological polar surface area (TPSA) is 75.1 Å². The zero-order valence-corrected chi connectivity index (χ0v) is 11.6. The quantitative estimate of drug-likeness (QED) is 0.866. The Hall–Kier alpha value is -1.17. The predicted octanol–water partition coefficient (Wildman–Crippen LogP) is 2.36. The van der Waals surface area contributed by atoms with Gasteiger partial charge in [-0.15, -0.1) is 10.2 Å². The lowest BCUT2D eigenvalue weighted by molar-refractivity contribution is -0.138. The first-order chi connectivity index (χ1) is 7.71. The van der Waals surface area contributed by atoms with Crippen LogP contribution >= 0.6 is 11.3 Å². The monoisotopic (exact) mass is 257 g/mol. The van der Waals surface area contributed by atoms with Gasteiger partial charge in [0, 0.05) is 5.41 Å². The molecule has 0 aliphatic rings. The van der Waals surface area contributed by atoms with E-state index in [0.29, 0.717) is 5.13 Å². The molecular weight excluding hydrogens is 238 g/mol. The normalized spacial score (nSPS) is 13.8. The Morgan fingerprint density at radius 1 is 1.35 bits per heavy atom. The Morgan fingerprint density at radius 3 is 2.29 bits per heavy atom. The third-order valence-electron chi connectivity index (χ3n) is 2.28. The van der Waals surface area contributed by atoms with E-state index in [9.17, 15) is 4.79 Å². The van der Waals surface area contributed by atoms with Crippen LogP contribution in [-0.4, -0.2) is 27.3 Å². The fourth-order valence-corrected chi connectivity index (χ4v) is 2.07. The number of hydrogen-bond donors (Lipinski definition) is 2. The molecular formula is C11H19N3O2S. The van der Waals surface area contributed by atoms with Crippen molar-refractivity contribution >= 4 is 22.4 Å². The highest BCUT2D eigenvalue weighted by atomic mass is 32.1. The molecule has 1 atom stereocenters. The summed E-state index contributed by atoms with van der Waals surface area (Å²) in [6, 6.07) is -0.629. The molecule has 1 aromatic heterocycles. The van der Waals surface area contributed by atoms with Gasteiger partial charge in [0.25, 0.3) is 0 Å². The van der Waals surface area contributed by atoms with Crippen molar-refractivity contribution in [1.82, 2.24) is 10.2 Å². The van der Waals surface area contributed by atoms with E-state index in [2.05, 4.69) is 36.3 Å². The van der Waals surface area contributed by atoms with Crippen LogP contribution in [0.4, 0.5) is 5.13 Å². The minimum Gasteiger partial charge on any atom is -0.480 e. The Labute approximate surface area is 105 Å². The van der Waals surface area contributed by atoms with Crippen molar-refractivity contribution in [3.63, 3.8) is 0 Å².